The highest BCUT2D eigenvalue weighted by atomic mass is 35.5. The second kappa shape index (κ2) is 6.92. The number of benzene rings is 1. The Hall–Kier alpha value is -1.31. The summed E-state index contributed by atoms with van der Waals surface area (Å²) in [4.78, 5) is 13.1. The highest BCUT2D eigenvalue weighted by Crippen LogP contribution is 2.31. The number of methoxy groups -OCH3 is 1. The summed E-state index contributed by atoms with van der Waals surface area (Å²) in [5.41, 5.74) is 0.503. The van der Waals surface area contributed by atoms with Crippen LogP contribution in [0.3, 0.4) is 0 Å². The number of sulfonamides is 1. The summed E-state index contributed by atoms with van der Waals surface area (Å²) in [5, 5.41) is 0.461. The van der Waals surface area contributed by atoms with E-state index >= 15 is 0 Å². The first-order valence-electron chi connectivity index (χ1n) is 5.81. The van der Waals surface area contributed by atoms with Crippen LogP contribution >= 0.6 is 11.6 Å². The predicted octanol–water partition coefficient (Wildman–Crippen LogP) is 1.25. The lowest BCUT2D eigenvalue weighted by Gasteiger charge is -2.23. The van der Waals surface area contributed by atoms with E-state index in [0.717, 1.165) is 6.26 Å². The number of halogens is 1. The van der Waals surface area contributed by atoms with Crippen LogP contribution in [-0.2, 0) is 14.8 Å². The molecular weight excluding hydrogens is 304 g/mol. The molecule has 0 saturated heterocycles. The third kappa shape index (κ3) is 4.99. The van der Waals surface area contributed by atoms with E-state index in [-0.39, 0.29) is 19.0 Å². The lowest BCUT2D eigenvalue weighted by molar-refractivity contribution is -0.116. The lowest BCUT2D eigenvalue weighted by Crippen LogP contribution is -2.37. The van der Waals surface area contributed by atoms with Crippen LogP contribution < -0.4 is 14.4 Å². The highest BCUT2D eigenvalue weighted by molar-refractivity contribution is 7.88. The number of nitrogens with zero attached hydrogens (tertiary/aromatic N) is 1. The largest absolute Gasteiger partial charge is 0.495 e. The first-order valence-corrected chi connectivity index (χ1v) is 8.08. The second-order valence-corrected chi connectivity index (χ2v) is 6.42. The van der Waals surface area contributed by atoms with E-state index < -0.39 is 10.0 Å². The van der Waals surface area contributed by atoms with Gasteiger partial charge < -0.3 is 9.64 Å². The zero-order chi connectivity index (χ0) is 15.3. The topological polar surface area (TPSA) is 75.7 Å². The van der Waals surface area contributed by atoms with Crippen LogP contribution in [0, 0.1) is 0 Å². The number of hydrogen-bond acceptors (Lipinski definition) is 4. The van der Waals surface area contributed by atoms with Gasteiger partial charge in [-0.25, -0.2) is 13.1 Å². The Bertz CT molecular complexity index is 589. The summed E-state index contributed by atoms with van der Waals surface area (Å²) in [6.07, 6.45) is 1.06. The van der Waals surface area contributed by atoms with E-state index in [4.69, 9.17) is 16.3 Å². The number of nitrogens with one attached hydrogen (secondary N) is 1. The van der Waals surface area contributed by atoms with Gasteiger partial charge in [-0.15, -0.1) is 0 Å². The van der Waals surface area contributed by atoms with E-state index in [2.05, 4.69) is 4.72 Å². The molecule has 0 unspecified atom stereocenters. The maximum Gasteiger partial charge on any atom is 0.224 e. The van der Waals surface area contributed by atoms with Gasteiger partial charge in [-0.05, 0) is 18.2 Å². The average Bonchev–Trinajstić information content (AvgIpc) is 2.33. The Kier molecular flexibility index (Phi) is 5.79. The standard InChI is InChI=1S/C12H17ClN2O4S/c1-9(16)15(7-6-14-20(3,17)18)11-8-10(13)4-5-12(11)19-2/h4-5,8,14H,6-7H2,1-3H3. The minimum absolute atomic E-state index is 0.105. The van der Waals surface area contributed by atoms with Gasteiger partial charge >= 0.3 is 0 Å². The monoisotopic (exact) mass is 320 g/mol. The summed E-state index contributed by atoms with van der Waals surface area (Å²) in [6.45, 7) is 1.67. The van der Waals surface area contributed by atoms with Crippen molar-refractivity contribution < 1.29 is 17.9 Å². The van der Waals surface area contributed by atoms with Crippen LogP contribution in [-0.4, -0.2) is 40.8 Å². The number of amides is 1. The molecule has 0 fully saturated rings. The smallest absolute Gasteiger partial charge is 0.224 e. The van der Waals surface area contributed by atoms with Gasteiger partial charge in [-0.1, -0.05) is 11.6 Å². The van der Waals surface area contributed by atoms with Crippen molar-refractivity contribution in [3.63, 3.8) is 0 Å². The minimum atomic E-state index is -3.30. The average molecular weight is 321 g/mol. The van der Waals surface area contributed by atoms with Crippen LogP contribution in [0.25, 0.3) is 0 Å². The maximum absolute atomic E-state index is 11.7. The third-order valence-electron chi connectivity index (χ3n) is 2.51. The molecule has 8 heteroatoms. The second-order valence-electron chi connectivity index (χ2n) is 4.15. The van der Waals surface area contributed by atoms with E-state index in [9.17, 15) is 13.2 Å². The highest BCUT2D eigenvalue weighted by Gasteiger charge is 2.17. The van der Waals surface area contributed by atoms with Gasteiger partial charge in [-0.2, -0.15) is 0 Å². The number of rotatable bonds is 6. The zero-order valence-electron chi connectivity index (χ0n) is 11.5. The number of hydrogen-bond donors (Lipinski definition) is 1. The summed E-state index contributed by atoms with van der Waals surface area (Å²) < 4.78 is 29.6. The van der Waals surface area contributed by atoms with Gasteiger partial charge in [0, 0.05) is 25.0 Å². The molecule has 0 aromatic heterocycles. The number of carbonyl (C=O) groups is 1. The van der Waals surface area contributed by atoms with Crippen LogP contribution in [0.15, 0.2) is 18.2 Å². The van der Waals surface area contributed by atoms with E-state index in [0.29, 0.717) is 16.5 Å². The summed E-state index contributed by atoms with van der Waals surface area (Å²) in [5.74, 6) is 0.254. The van der Waals surface area contributed by atoms with Gasteiger partial charge in [0.1, 0.15) is 5.75 Å². The van der Waals surface area contributed by atoms with Crippen molar-refractivity contribution in [1.82, 2.24) is 4.72 Å². The van der Waals surface area contributed by atoms with Crippen molar-refractivity contribution >= 4 is 33.2 Å². The van der Waals surface area contributed by atoms with Crippen LogP contribution in [0.5, 0.6) is 5.75 Å². The molecule has 0 saturated carbocycles. The molecule has 112 valence electrons. The Morgan fingerprint density at radius 3 is 2.60 bits per heavy atom. The summed E-state index contributed by atoms with van der Waals surface area (Å²) >= 11 is 5.92. The number of ether oxygens (including phenoxy) is 1. The Balaban J connectivity index is 2.96. The molecule has 20 heavy (non-hydrogen) atoms. The molecule has 0 aliphatic heterocycles. The predicted molar refractivity (Wildman–Crippen MR) is 78.9 cm³/mol. The number of anilines is 1. The van der Waals surface area contributed by atoms with Gasteiger partial charge in [0.2, 0.25) is 15.9 Å². The molecule has 0 aliphatic carbocycles. The number of carbonyl (C=O) groups excluding carboxylic acids is 1. The van der Waals surface area contributed by atoms with Crippen molar-refractivity contribution in [3.05, 3.63) is 23.2 Å². The molecule has 0 aliphatic rings. The van der Waals surface area contributed by atoms with Gasteiger partial charge in [0.25, 0.3) is 0 Å². The Labute approximate surface area is 123 Å². The molecule has 0 atom stereocenters. The van der Waals surface area contributed by atoms with E-state index in [1.807, 2.05) is 0 Å². The van der Waals surface area contributed by atoms with Gasteiger partial charge in [0.15, 0.2) is 0 Å². The fourth-order valence-corrected chi connectivity index (χ4v) is 2.29. The Morgan fingerprint density at radius 1 is 1.45 bits per heavy atom. The summed E-state index contributed by atoms with van der Waals surface area (Å²) in [6, 6.07) is 4.90. The van der Waals surface area contributed by atoms with Gasteiger partial charge in [-0.3, -0.25) is 4.79 Å². The molecule has 0 bridgehead atoms. The van der Waals surface area contributed by atoms with Crippen LogP contribution in [0.1, 0.15) is 6.92 Å². The Morgan fingerprint density at radius 2 is 2.10 bits per heavy atom. The maximum atomic E-state index is 11.7. The normalized spacial score (nSPS) is 11.2. The molecule has 0 spiro atoms. The molecule has 1 aromatic carbocycles. The minimum Gasteiger partial charge on any atom is -0.495 e. The fourth-order valence-electron chi connectivity index (χ4n) is 1.66. The molecular formula is C12H17ClN2O4S. The molecule has 6 nitrogen and oxygen atoms in total. The molecule has 0 heterocycles. The van der Waals surface area contributed by atoms with Gasteiger partial charge in [0.05, 0.1) is 19.1 Å². The first kappa shape index (κ1) is 16.7. The zero-order valence-corrected chi connectivity index (χ0v) is 13.1. The van der Waals surface area contributed by atoms with E-state index in [1.54, 1.807) is 18.2 Å². The molecule has 1 aromatic rings. The van der Waals surface area contributed by atoms with Crippen LogP contribution in [0.4, 0.5) is 5.69 Å². The quantitative estimate of drug-likeness (QED) is 0.856. The van der Waals surface area contributed by atoms with Crippen molar-refractivity contribution in [3.8, 4) is 5.75 Å². The first-order chi connectivity index (χ1) is 9.24. The van der Waals surface area contributed by atoms with Crippen molar-refractivity contribution in [2.75, 3.05) is 31.4 Å². The SMILES string of the molecule is COc1ccc(Cl)cc1N(CCNS(C)(=O)=O)C(C)=O. The fraction of sp³-hybridized carbons (Fsp3) is 0.417. The van der Waals surface area contributed by atoms with Crippen molar-refractivity contribution in [2.45, 2.75) is 6.92 Å². The van der Waals surface area contributed by atoms with E-state index in [1.165, 1.54) is 18.9 Å². The van der Waals surface area contributed by atoms with Crippen LogP contribution in [0.2, 0.25) is 5.02 Å². The van der Waals surface area contributed by atoms with Crippen molar-refractivity contribution in [2.24, 2.45) is 0 Å². The molecule has 1 amide bonds. The lowest BCUT2D eigenvalue weighted by atomic mass is 10.2. The molecule has 0 radical (unpaired) electrons. The third-order valence-corrected chi connectivity index (χ3v) is 3.48. The van der Waals surface area contributed by atoms with Crippen molar-refractivity contribution in [1.29, 1.82) is 0 Å². The summed E-state index contributed by atoms with van der Waals surface area (Å²) in [7, 11) is -1.81. The molecule has 1 N–H and O–H groups in total. The molecule has 1 rings (SSSR count).